The zero-order valence-corrected chi connectivity index (χ0v) is 10.8. The molecule has 0 unspecified atom stereocenters. The zero-order chi connectivity index (χ0) is 14.1. The quantitative estimate of drug-likeness (QED) is 0.895. The molecular formula is C12H8N2O5S. The SMILES string of the molecule is O=C(Nc1nc(C(=O)O)cs1)c1ccc2c(c1)OCO2. The maximum Gasteiger partial charge on any atom is 0.355 e. The summed E-state index contributed by atoms with van der Waals surface area (Å²) in [6, 6.07) is 4.79. The van der Waals surface area contributed by atoms with Crippen molar-refractivity contribution in [3.63, 3.8) is 0 Å². The Labute approximate surface area is 116 Å². The lowest BCUT2D eigenvalue weighted by atomic mass is 10.2. The van der Waals surface area contributed by atoms with Gasteiger partial charge in [-0.3, -0.25) is 10.1 Å². The molecule has 1 aromatic heterocycles. The second-order valence-corrected chi connectivity index (χ2v) is 4.72. The molecule has 0 aliphatic carbocycles. The number of aromatic carboxylic acids is 1. The number of amides is 1. The number of nitrogens with zero attached hydrogens (tertiary/aromatic N) is 1. The van der Waals surface area contributed by atoms with Crippen LogP contribution >= 0.6 is 11.3 Å². The number of fused-ring (bicyclic) bond motifs is 1. The molecule has 20 heavy (non-hydrogen) atoms. The number of hydrogen-bond donors (Lipinski definition) is 2. The lowest BCUT2D eigenvalue weighted by Crippen LogP contribution is -2.11. The highest BCUT2D eigenvalue weighted by Gasteiger charge is 2.17. The van der Waals surface area contributed by atoms with Crippen LogP contribution in [0, 0.1) is 0 Å². The molecule has 0 radical (unpaired) electrons. The van der Waals surface area contributed by atoms with Gasteiger partial charge in [-0.05, 0) is 18.2 Å². The zero-order valence-electron chi connectivity index (χ0n) is 9.95. The normalized spacial score (nSPS) is 12.2. The number of carboxylic acid groups (broad SMARTS) is 1. The van der Waals surface area contributed by atoms with E-state index in [0.717, 1.165) is 11.3 Å². The summed E-state index contributed by atoms with van der Waals surface area (Å²) in [5, 5.41) is 12.9. The van der Waals surface area contributed by atoms with Crippen LogP contribution < -0.4 is 14.8 Å². The smallest absolute Gasteiger partial charge is 0.355 e. The van der Waals surface area contributed by atoms with Crippen molar-refractivity contribution in [2.24, 2.45) is 0 Å². The molecule has 1 aliphatic heterocycles. The van der Waals surface area contributed by atoms with Gasteiger partial charge in [-0.1, -0.05) is 0 Å². The number of hydrogen-bond acceptors (Lipinski definition) is 6. The van der Waals surface area contributed by atoms with Crippen LogP contribution in [0.5, 0.6) is 11.5 Å². The van der Waals surface area contributed by atoms with Gasteiger partial charge in [-0.15, -0.1) is 11.3 Å². The molecule has 0 atom stereocenters. The van der Waals surface area contributed by atoms with Gasteiger partial charge >= 0.3 is 5.97 Å². The van der Waals surface area contributed by atoms with Gasteiger partial charge in [0.2, 0.25) is 6.79 Å². The molecule has 7 nitrogen and oxygen atoms in total. The predicted molar refractivity (Wildman–Crippen MR) is 69.6 cm³/mol. The lowest BCUT2D eigenvalue weighted by molar-refractivity contribution is 0.0691. The molecule has 0 bridgehead atoms. The Bertz CT molecular complexity index is 697. The highest BCUT2D eigenvalue weighted by atomic mass is 32.1. The van der Waals surface area contributed by atoms with Gasteiger partial charge in [0.15, 0.2) is 22.3 Å². The third kappa shape index (κ3) is 2.28. The molecule has 1 amide bonds. The molecular weight excluding hydrogens is 284 g/mol. The van der Waals surface area contributed by atoms with Gasteiger partial charge in [0.05, 0.1) is 0 Å². The maximum absolute atomic E-state index is 12.0. The molecule has 102 valence electrons. The van der Waals surface area contributed by atoms with E-state index in [1.807, 2.05) is 0 Å². The van der Waals surface area contributed by atoms with Gasteiger partial charge in [-0.2, -0.15) is 0 Å². The monoisotopic (exact) mass is 292 g/mol. The number of carboxylic acids is 1. The Hall–Kier alpha value is -2.61. The maximum atomic E-state index is 12.0. The molecule has 0 saturated carbocycles. The van der Waals surface area contributed by atoms with Crippen molar-refractivity contribution in [3.8, 4) is 11.5 Å². The number of carbonyl (C=O) groups excluding carboxylic acids is 1. The predicted octanol–water partition coefficient (Wildman–Crippen LogP) is 1.82. The van der Waals surface area contributed by atoms with Gasteiger partial charge in [-0.25, -0.2) is 9.78 Å². The summed E-state index contributed by atoms with van der Waals surface area (Å²) in [5.41, 5.74) is 0.275. The molecule has 0 spiro atoms. The fourth-order valence-electron chi connectivity index (χ4n) is 1.64. The summed E-state index contributed by atoms with van der Waals surface area (Å²) in [7, 11) is 0. The summed E-state index contributed by atoms with van der Waals surface area (Å²) in [6.45, 7) is 0.134. The van der Waals surface area contributed by atoms with Crippen LogP contribution in [0.3, 0.4) is 0 Å². The van der Waals surface area contributed by atoms with Crippen LogP contribution in [0.1, 0.15) is 20.8 Å². The van der Waals surface area contributed by atoms with Gasteiger partial charge in [0.1, 0.15) is 0 Å². The minimum Gasteiger partial charge on any atom is -0.476 e. The molecule has 8 heteroatoms. The molecule has 0 fully saturated rings. The molecule has 0 saturated heterocycles. The van der Waals surface area contributed by atoms with E-state index in [-0.39, 0.29) is 17.6 Å². The summed E-state index contributed by atoms with van der Waals surface area (Å²) in [5.74, 6) is -0.439. The van der Waals surface area contributed by atoms with E-state index in [1.165, 1.54) is 5.38 Å². The average molecular weight is 292 g/mol. The van der Waals surface area contributed by atoms with Gasteiger partial charge in [0, 0.05) is 10.9 Å². The molecule has 2 heterocycles. The van der Waals surface area contributed by atoms with Crippen LogP contribution in [-0.2, 0) is 0 Å². The fraction of sp³-hybridized carbons (Fsp3) is 0.0833. The number of ether oxygens (including phenoxy) is 2. The Morgan fingerprint density at radius 2 is 2.10 bits per heavy atom. The first-order valence-electron chi connectivity index (χ1n) is 5.53. The number of aromatic nitrogens is 1. The first-order chi connectivity index (χ1) is 9.63. The number of benzene rings is 1. The molecule has 1 aliphatic rings. The average Bonchev–Trinajstić information content (AvgIpc) is 3.05. The van der Waals surface area contributed by atoms with E-state index in [2.05, 4.69) is 10.3 Å². The van der Waals surface area contributed by atoms with E-state index in [4.69, 9.17) is 14.6 Å². The van der Waals surface area contributed by atoms with Crippen molar-refractivity contribution in [2.75, 3.05) is 12.1 Å². The van der Waals surface area contributed by atoms with E-state index in [9.17, 15) is 9.59 Å². The van der Waals surface area contributed by atoms with Gasteiger partial charge in [0.25, 0.3) is 5.91 Å². The Balaban J connectivity index is 1.77. The fourth-order valence-corrected chi connectivity index (χ4v) is 2.32. The van der Waals surface area contributed by atoms with Crippen molar-refractivity contribution >= 4 is 28.3 Å². The largest absolute Gasteiger partial charge is 0.476 e. The second-order valence-electron chi connectivity index (χ2n) is 3.87. The first kappa shape index (κ1) is 12.4. The molecule has 3 rings (SSSR count). The van der Waals surface area contributed by atoms with Crippen LogP contribution in [0.15, 0.2) is 23.6 Å². The number of anilines is 1. The first-order valence-corrected chi connectivity index (χ1v) is 6.41. The summed E-state index contributed by atoms with van der Waals surface area (Å²) in [6.07, 6.45) is 0. The van der Waals surface area contributed by atoms with E-state index in [0.29, 0.717) is 17.1 Å². The van der Waals surface area contributed by atoms with Crippen molar-refractivity contribution < 1.29 is 24.2 Å². The minimum absolute atomic E-state index is 0.101. The lowest BCUT2D eigenvalue weighted by Gasteiger charge is -2.02. The number of carbonyl (C=O) groups is 2. The summed E-state index contributed by atoms with van der Waals surface area (Å²) >= 11 is 1.05. The van der Waals surface area contributed by atoms with Crippen molar-refractivity contribution in [2.45, 2.75) is 0 Å². The highest BCUT2D eigenvalue weighted by molar-refractivity contribution is 7.14. The summed E-state index contributed by atoms with van der Waals surface area (Å²) < 4.78 is 10.3. The van der Waals surface area contributed by atoms with Crippen LogP contribution in [0.25, 0.3) is 0 Å². The number of thiazole rings is 1. The Kier molecular flexibility index (Phi) is 2.99. The molecule has 2 N–H and O–H groups in total. The minimum atomic E-state index is -1.13. The van der Waals surface area contributed by atoms with Crippen LogP contribution in [0.2, 0.25) is 0 Å². The number of nitrogens with one attached hydrogen (secondary N) is 1. The second kappa shape index (κ2) is 4.82. The molecule has 1 aromatic carbocycles. The van der Waals surface area contributed by atoms with Crippen LogP contribution in [0.4, 0.5) is 5.13 Å². The van der Waals surface area contributed by atoms with E-state index >= 15 is 0 Å². The third-order valence-corrected chi connectivity index (χ3v) is 3.34. The Morgan fingerprint density at radius 3 is 2.85 bits per heavy atom. The van der Waals surface area contributed by atoms with Crippen molar-refractivity contribution in [1.29, 1.82) is 0 Å². The Morgan fingerprint density at radius 1 is 1.30 bits per heavy atom. The van der Waals surface area contributed by atoms with E-state index < -0.39 is 11.9 Å². The molecule has 2 aromatic rings. The number of rotatable bonds is 3. The highest BCUT2D eigenvalue weighted by Crippen LogP contribution is 2.32. The van der Waals surface area contributed by atoms with Crippen LogP contribution in [-0.4, -0.2) is 28.8 Å². The van der Waals surface area contributed by atoms with Crippen molar-refractivity contribution in [1.82, 2.24) is 4.98 Å². The van der Waals surface area contributed by atoms with Gasteiger partial charge < -0.3 is 14.6 Å². The van der Waals surface area contributed by atoms with Crippen molar-refractivity contribution in [3.05, 3.63) is 34.8 Å². The third-order valence-electron chi connectivity index (χ3n) is 2.58. The standard InChI is InChI=1S/C12H8N2O5S/c15-10(14-12-13-7(4-20-12)11(16)17)6-1-2-8-9(3-6)19-5-18-8/h1-4H,5H2,(H,16,17)(H,13,14,15). The van der Waals surface area contributed by atoms with E-state index in [1.54, 1.807) is 18.2 Å². The summed E-state index contributed by atoms with van der Waals surface area (Å²) in [4.78, 5) is 26.5. The topological polar surface area (TPSA) is 97.8 Å².